The van der Waals surface area contributed by atoms with Gasteiger partial charge in [-0.25, -0.2) is 23.7 Å². The first kappa shape index (κ1) is 27.8. The Hall–Kier alpha value is -3.77. The summed E-state index contributed by atoms with van der Waals surface area (Å²) in [6.07, 6.45) is 6.91. The van der Waals surface area contributed by atoms with Gasteiger partial charge in [0.25, 0.3) is 0 Å². The van der Waals surface area contributed by atoms with Crippen LogP contribution in [0.15, 0.2) is 36.8 Å². The van der Waals surface area contributed by atoms with E-state index in [1.54, 1.807) is 6.20 Å². The molecule has 1 N–H and O–H groups in total. The Kier molecular flexibility index (Phi) is 8.75. The average molecular weight is 556 g/mol. The maximum Gasteiger partial charge on any atom is 0.227 e. The Bertz CT molecular complexity index is 1240. The molecule has 0 spiro atoms. The van der Waals surface area contributed by atoms with E-state index in [1.807, 2.05) is 12.1 Å². The van der Waals surface area contributed by atoms with Crippen LogP contribution in [0.3, 0.4) is 0 Å². The number of anilines is 3. The van der Waals surface area contributed by atoms with E-state index in [9.17, 15) is 8.78 Å². The summed E-state index contributed by atoms with van der Waals surface area (Å²) in [6.45, 7) is 6.21. The highest BCUT2D eigenvalue weighted by atomic mass is 19.1. The highest BCUT2D eigenvalue weighted by Crippen LogP contribution is 2.32. The monoisotopic (exact) mass is 555 g/mol. The summed E-state index contributed by atoms with van der Waals surface area (Å²) < 4.78 is 44.6. The maximum atomic E-state index is 14.6. The molecule has 0 aliphatic carbocycles. The Morgan fingerprint density at radius 1 is 0.875 bits per heavy atom. The number of nitrogens with zero attached hydrogens (tertiary/aromatic N) is 6. The predicted octanol–water partition coefficient (Wildman–Crippen LogP) is 3.71. The number of ether oxygens (including phenoxy) is 3. The van der Waals surface area contributed by atoms with Crippen molar-refractivity contribution in [1.29, 1.82) is 0 Å². The maximum absolute atomic E-state index is 14.6. The number of benzene rings is 1. The average Bonchev–Trinajstić information content (AvgIpc) is 2.99. The van der Waals surface area contributed by atoms with Gasteiger partial charge in [0.1, 0.15) is 12.4 Å². The zero-order valence-electron chi connectivity index (χ0n) is 23.1. The van der Waals surface area contributed by atoms with E-state index in [2.05, 4.69) is 42.0 Å². The van der Waals surface area contributed by atoms with Gasteiger partial charge in [-0.3, -0.25) is 4.90 Å². The number of likely N-dealkylation sites (N-methyl/N-ethyl adjacent to an activating group) is 1. The zero-order chi connectivity index (χ0) is 28.1. The number of piperazine rings is 1. The van der Waals surface area contributed by atoms with Gasteiger partial charge in [0, 0.05) is 51.4 Å². The van der Waals surface area contributed by atoms with Crippen LogP contribution in [0.2, 0.25) is 0 Å². The van der Waals surface area contributed by atoms with Crippen molar-refractivity contribution in [1.82, 2.24) is 24.8 Å². The van der Waals surface area contributed by atoms with Crippen LogP contribution < -0.4 is 24.4 Å². The van der Waals surface area contributed by atoms with Crippen molar-refractivity contribution < 1.29 is 23.0 Å². The Morgan fingerprint density at radius 3 is 2.10 bits per heavy atom. The van der Waals surface area contributed by atoms with Crippen LogP contribution >= 0.6 is 0 Å². The second-order valence-corrected chi connectivity index (χ2v) is 10.0. The van der Waals surface area contributed by atoms with Crippen molar-refractivity contribution in [3.8, 4) is 17.2 Å². The van der Waals surface area contributed by atoms with Gasteiger partial charge in [-0.15, -0.1) is 0 Å². The predicted molar refractivity (Wildman–Crippen MR) is 148 cm³/mol. The SMILES string of the molecule is COc1cc(OC)c(F)c(COc2cnc(Nc3ccc(N4CCC(N5CCN(C)CC5)CC4)nc3)nc2)c1F. The molecule has 0 amide bonds. The van der Waals surface area contributed by atoms with E-state index in [0.717, 1.165) is 69.7 Å². The molecular weight excluding hydrogens is 520 g/mol. The van der Waals surface area contributed by atoms with Gasteiger partial charge in [0.2, 0.25) is 5.95 Å². The lowest BCUT2D eigenvalue weighted by Crippen LogP contribution is -2.52. The smallest absolute Gasteiger partial charge is 0.227 e. The fourth-order valence-corrected chi connectivity index (χ4v) is 5.10. The summed E-state index contributed by atoms with van der Waals surface area (Å²) in [5, 5.41) is 3.11. The third-order valence-electron chi connectivity index (χ3n) is 7.52. The number of hydrogen-bond acceptors (Lipinski definition) is 10. The Labute approximate surface area is 232 Å². The molecule has 0 saturated carbocycles. The molecule has 5 rings (SSSR count). The zero-order valence-corrected chi connectivity index (χ0v) is 23.1. The molecule has 1 aromatic carbocycles. The molecule has 2 aromatic heterocycles. The van der Waals surface area contributed by atoms with Crippen LogP contribution in [0.1, 0.15) is 18.4 Å². The van der Waals surface area contributed by atoms with E-state index in [-0.39, 0.29) is 29.4 Å². The minimum absolute atomic E-state index is 0.137. The number of hydrogen-bond donors (Lipinski definition) is 1. The van der Waals surface area contributed by atoms with Crippen molar-refractivity contribution in [3.63, 3.8) is 0 Å². The first-order chi connectivity index (χ1) is 19.4. The molecule has 0 unspecified atom stereocenters. The topological polar surface area (TPSA) is 88.1 Å². The van der Waals surface area contributed by atoms with Gasteiger partial charge in [-0.2, -0.15) is 0 Å². The quantitative estimate of drug-likeness (QED) is 0.422. The molecule has 12 heteroatoms. The number of halogens is 2. The fraction of sp³-hybridized carbons (Fsp3) is 0.464. The van der Waals surface area contributed by atoms with Crippen molar-refractivity contribution in [2.75, 3.05) is 70.8 Å². The van der Waals surface area contributed by atoms with E-state index in [0.29, 0.717) is 12.0 Å². The third kappa shape index (κ3) is 6.34. The number of rotatable bonds is 9. The number of aromatic nitrogens is 3. The van der Waals surface area contributed by atoms with E-state index in [4.69, 9.17) is 14.2 Å². The minimum atomic E-state index is -0.852. The molecule has 3 aromatic rings. The van der Waals surface area contributed by atoms with Crippen LogP contribution in [0, 0.1) is 11.6 Å². The van der Waals surface area contributed by atoms with E-state index < -0.39 is 11.6 Å². The third-order valence-corrected chi connectivity index (χ3v) is 7.52. The molecule has 2 aliphatic rings. The van der Waals surface area contributed by atoms with E-state index >= 15 is 0 Å². The van der Waals surface area contributed by atoms with Crippen LogP contribution in [-0.4, -0.2) is 91.3 Å². The first-order valence-corrected chi connectivity index (χ1v) is 13.4. The van der Waals surface area contributed by atoms with Gasteiger partial charge in [-0.05, 0) is 32.0 Å². The van der Waals surface area contributed by atoms with Gasteiger partial charge < -0.3 is 29.3 Å². The molecule has 2 fully saturated rings. The van der Waals surface area contributed by atoms with Gasteiger partial charge in [0.15, 0.2) is 28.9 Å². The molecule has 214 valence electrons. The number of pyridine rings is 1. The van der Waals surface area contributed by atoms with Crippen molar-refractivity contribution in [2.45, 2.75) is 25.5 Å². The molecule has 0 bridgehead atoms. The molecule has 2 saturated heterocycles. The van der Waals surface area contributed by atoms with Gasteiger partial charge >= 0.3 is 0 Å². The molecule has 0 atom stereocenters. The summed E-state index contributed by atoms with van der Waals surface area (Å²) in [4.78, 5) is 20.5. The summed E-state index contributed by atoms with van der Waals surface area (Å²) in [7, 11) is 4.78. The van der Waals surface area contributed by atoms with Crippen LogP contribution in [0.25, 0.3) is 0 Å². The second kappa shape index (κ2) is 12.6. The fourth-order valence-electron chi connectivity index (χ4n) is 5.10. The standard InChI is InChI=1S/C28H35F2N7O3/c1-35-10-12-36(13-11-35)20-6-8-37(9-7-20)25-5-4-19(15-31-25)34-28-32-16-21(17-33-28)40-18-22-26(29)23(38-2)14-24(39-3)27(22)30/h4-5,14-17,20H,6-13,18H2,1-3H3,(H,32,33,34). The number of piperidine rings is 1. The first-order valence-electron chi connectivity index (χ1n) is 13.4. The molecular formula is C28H35F2N7O3. The summed E-state index contributed by atoms with van der Waals surface area (Å²) >= 11 is 0. The Balaban J connectivity index is 1.13. The molecule has 10 nitrogen and oxygen atoms in total. The number of nitrogens with one attached hydrogen (secondary N) is 1. The lowest BCUT2D eigenvalue weighted by molar-refractivity contribution is 0.0981. The molecule has 40 heavy (non-hydrogen) atoms. The van der Waals surface area contributed by atoms with Crippen molar-refractivity contribution in [2.24, 2.45) is 0 Å². The largest absolute Gasteiger partial charge is 0.494 e. The summed E-state index contributed by atoms with van der Waals surface area (Å²) in [5.74, 6) is -0.425. The van der Waals surface area contributed by atoms with Crippen molar-refractivity contribution >= 4 is 17.5 Å². The normalized spacial score (nSPS) is 17.1. The Morgan fingerprint density at radius 2 is 1.52 bits per heavy atom. The van der Waals surface area contributed by atoms with Crippen LogP contribution in [0.5, 0.6) is 17.2 Å². The van der Waals surface area contributed by atoms with E-state index in [1.165, 1.54) is 26.6 Å². The lowest BCUT2D eigenvalue weighted by atomic mass is 10.0. The highest BCUT2D eigenvalue weighted by molar-refractivity contribution is 5.55. The molecule has 0 radical (unpaired) electrons. The van der Waals surface area contributed by atoms with Gasteiger partial charge in [0.05, 0.1) is 44.1 Å². The number of methoxy groups -OCH3 is 2. The van der Waals surface area contributed by atoms with Gasteiger partial charge in [-0.1, -0.05) is 0 Å². The second-order valence-electron chi connectivity index (χ2n) is 10.0. The molecule has 2 aliphatic heterocycles. The van der Waals surface area contributed by atoms with Crippen molar-refractivity contribution in [3.05, 3.63) is 54.0 Å². The summed E-state index contributed by atoms with van der Waals surface area (Å²) in [6, 6.07) is 5.76. The summed E-state index contributed by atoms with van der Waals surface area (Å²) in [5.41, 5.74) is 0.436. The molecule has 4 heterocycles. The van der Waals surface area contributed by atoms with Crippen LogP contribution in [0.4, 0.5) is 26.2 Å². The highest BCUT2D eigenvalue weighted by Gasteiger charge is 2.27. The minimum Gasteiger partial charge on any atom is -0.494 e. The van der Waals surface area contributed by atoms with Crippen LogP contribution in [-0.2, 0) is 6.61 Å². The lowest BCUT2D eigenvalue weighted by Gasteiger charge is -2.42.